The van der Waals surface area contributed by atoms with Crippen LogP contribution >= 0.6 is 0 Å². The molecule has 3 fully saturated rings. The van der Waals surface area contributed by atoms with Crippen LogP contribution in [0, 0.1) is 11.7 Å². The van der Waals surface area contributed by atoms with Crippen LogP contribution in [-0.4, -0.2) is 72.2 Å². The Labute approximate surface area is 166 Å². The largest absolute Gasteiger partial charge is 0.393 e. The Hall–Kier alpha value is -1.54. The number of aliphatic hydroxyl groups excluding tert-OH is 1. The van der Waals surface area contributed by atoms with Crippen molar-refractivity contribution in [1.82, 2.24) is 20.7 Å². The van der Waals surface area contributed by atoms with E-state index in [0.717, 1.165) is 64.0 Å². The van der Waals surface area contributed by atoms with E-state index in [9.17, 15) is 14.3 Å². The number of piperidine rings is 2. The van der Waals surface area contributed by atoms with E-state index >= 15 is 0 Å². The molecule has 1 amide bonds. The van der Waals surface area contributed by atoms with Gasteiger partial charge in [-0.3, -0.25) is 20.5 Å². The molecular weight excluding hydrogens is 359 g/mol. The van der Waals surface area contributed by atoms with Crippen molar-refractivity contribution in [2.45, 2.75) is 43.7 Å². The molecule has 4 rings (SSSR count). The lowest BCUT2D eigenvalue weighted by Crippen LogP contribution is -2.51. The first-order chi connectivity index (χ1) is 13.6. The van der Waals surface area contributed by atoms with Crippen molar-refractivity contribution in [3.05, 3.63) is 35.6 Å². The number of hydrazine groups is 1. The lowest BCUT2D eigenvalue weighted by molar-refractivity contribution is -0.135. The van der Waals surface area contributed by atoms with Gasteiger partial charge in [0.2, 0.25) is 5.91 Å². The van der Waals surface area contributed by atoms with Crippen molar-refractivity contribution >= 4 is 5.91 Å². The summed E-state index contributed by atoms with van der Waals surface area (Å²) in [6, 6.07) is 7.04. The van der Waals surface area contributed by atoms with E-state index in [4.69, 9.17) is 0 Å². The fourth-order valence-electron chi connectivity index (χ4n) is 4.89. The smallest absolute Gasteiger partial charge is 0.236 e. The van der Waals surface area contributed by atoms with Gasteiger partial charge in [-0.1, -0.05) is 12.1 Å². The second-order valence-corrected chi connectivity index (χ2v) is 8.46. The van der Waals surface area contributed by atoms with Gasteiger partial charge in [-0.05, 0) is 49.3 Å². The Morgan fingerprint density at radius 2 is 1.89 bits per heavy atom. The number of halogens is 1. The molecular formula is C21H31FN4O2. The molecule has 3 aliphatic rings. The number of nitrogens with zero attached hydrogens (tertiary/aromatic N) is 2. The van der Waals surface area contributed by atoms with Crippen molar-refractivity contribution in [1.29, 1.82) is 0 Å². The summed E-state index contributed by atoms with van der Waals surface area (Å²) in [6.07, 6.45) is 3.41. The second kappa shape index (κ2) is 8.86. The molecule has 3 N–H and O–H groups in total. The predicted octanol–water partition coefficient (Wildman–Crippen LogP) is 1.08. The van der Waals surface area contributed by atoms with Crippen molar-refractivity contribution in [2.75, 3.05) is 39.3 Å². The summed E-state index contributed by atoms with van der Waals surface area (Å²) in [4.78, 5) is 17.0. The van der Waals surface area contributed by atoms with Gasteiger partial charge < -0.3 is 10.0 Å². The van der Waals surface area contributed by atoms with Gasteiger partial charge in [-0.15, -0.1) is 0 Å². The van der Waals surface area contributed by atoms with Crippen molar-refractivity contribution < 1.29 is 14.3 Å². The number of amides is 1. The van der Waals surface area contributed by atoms with E-state index in [2.05, 4.69) is 15.8 Å². The van der Waals surface area contributed by atoms with Crippen molar-refractivity contribution in [3.63, 3.8) is 0 Å². The number of carbonyl (C=O) groups is 1. The van der Waals surface area contributed by atoms with Gasteiger partial charge >= 0.3 is 0 Å². The number of carbonyl (C=O) groups excluding carboxylic acids is 1. The van der Waals surface area contributed by atoms with E-state index in [1.54, 1.807) is 0 Å². The van der Waals surface area contributed by atoms with E-state index in [1.165, 1.54) is 12.1 Å². The normalized spacial score (nSPS) is 29.9. The van der Waals surface area contributed by atoms with Crippen LogP contribution in [0.1, 0.15) is 37.2 Å². The second-order valence-electron chi connectivity index (χ2n) is 8.46. The number of hydrogen-bond donors (Lipinski definition) is 3. The monoisotopic (exact) mass is 390 g/mol. The fraction of sp³-hybridized carbons (Fsp3) is 0.667. The molecule has 0 radical (unpaired) electrons. The molecule has 0 bridgehead atoms. The highest BCUT2D eigenvalue weighted by Gasteiger charge is 2.37. The molecule has 0 spiro atoms. The Morgan fingerprint density at radius 1 is 1.14 bits per heavy atom. The highest BCUT2D eigenvalue weighted by Crippen LogP contribution is 2.31. The summed E-state index contributed by atoms with van der Waals surface area (Å²) < 4.78 is 13.3. The third kappa shape index (κ3) is 4.54. The SMILES string of the molecule is O=C(CN1CCC(O)CC1)N1CCCC(C2NNCC2c2ccc(F)cc2)C1. The first kappa shape index (κ1) is 19.8. The van der Waals surface area contributed by atoms with E-state index in [0.29, 0.717) is 12.5 Å². The number of benzene rings is 1. The fourth-order valence-corrected chi connectivity index (χ4v) is 4.89. The van der Waals surface area contributed by atoms with Crippen LogP contribution in [0.15, 0.2) is 24.3 Å². The first-order valence-electron chi connectivity index (χ1n) is 10.5. The van der Waals surface area contributed by atoms with Gasteiger partial charge in [-0.25, -0.2) is 4.39 Å². The number of likely N-dealkylation sites (tertiary alicyclic amines) is 2. The maximum atomic E-state index is 13.3. The van der Waals surface area contributed by atoms with Gasteiger partial charge in [-0.2, -0.15) is 0 Å². The van der Waals surface area contributed by atoms with Crippen LogP contribution in [0.25, 0.3) is 0 Å². The summed E-state index contributed by atoms with van der Waals surface area (Å²) in [6.45, 7) is 4.46. The molecule has 3 saturated heterocycles. The van der Waals surface area contributed by atoms with Crippen LogP contribution in [-0.2, 0) is 4.79 Å². The summed E-state index contributed by atoms with van der Waals surface area (Å²) in [5, 5.41) is 9.64. The molecule has 3 heterocycles. The van der Waals surface area contributed by atoms with Gasteiger partial charge in [0.25, 0.3) is 0 Å². The number of nitrogens with one attached hydrogen (secondary N) is 2. The van der Waals surface area contributed by atoms with Crippen molar-refractivity contribution in [2.24, 2.45) is 5.92 Å². The Bertz CT molecular complexity index is 663. The van der Waals surface area contributed by atoms with Crippen LogP contribution in [0.3, 0.4) is 0 Å². The Balaban J connectivity index is 1.36. The third-order valence-corrected chi connectivity index (χ3v) is 6.56. The minimum atomic E-state index is -0.213. The first-order valence-corrected chi connectivity index (χ1v) is 10.5. The standard InChI is InChI=1S/C21H31FN4O2/c22-17-5-3-15(4-6-17)19-12-23-24-21(19)16-2-1-9-26(13-16)20(28)14-25-10-7-18(27)8-11-25/h3-6,16,18-19,21,23-24,27H,1-2,7-14H2. The van der Waals surface area contributed by atoms with Crippen LogP contribution in [0.5, 0.6) is 0 Å². The molecule has 0 saturated carbocycles. The number of rotatable bonds is 4. The number of aliphatic hydroxyl groups is 1. The maximum Gasteiger partial charge on any atom is 0.236 e. The zero-order chi connectivity index (χ0) is 19.5. The zero-order valence-electron chi connectivity index (χ0n) is 16.3. The molecule has 0 aliphatic carbocycles. The molecule has 1 aromatic carbocycles. The quantitative estimate of drug-likeness (QED) is 0.718. The third-order valence-electron chi connectivity index (χ3n) is 6.56. The summed E-state index contributed by atoms with van der Waals surface area (Å²) in [7, 11) is 0. The lowest BCUT2D eigenvalue weighted by atomic mass is 9.81. The van der Waals surface area contributed by atoms with Gasteiger partial charge in [0.1, 0.15) is 5.82 Å². The summed E-state index contributed by atoms with van der Waals surface area (Å²) >= 11 is 0. The van der Waals surface area contributed by atoms with Gasteiger partial charge in [0.15, 0.2) is 0 Å². The highest BCUT2D eigenvalue weighted by atomic mass is 19.1. The van der Waals surface area contributed by atoms with Gasteiger partial charge in [0, 0.05) is 44.7 Å². The molecule has 3 atom stereocenters. The molecule has 1 aromatic rings. The number of hydrogen-bond acceptors (Lipinski definition) is 5. The minimum absolute atomic E-state index is 0.199. The van der Waals surface area contributed by atoms with Crippen molar-refractivity contribution in [3.8, 4) is 0 Å². The maximum absolute atomic E-state index is 13.3. The molecule has 3 aliphatic heterocycles. The van der Waals surface area contributed by atoms with Crippen LogP contribution in [0.4, 0.5) is 4.39 Å². The minimum Gasteiger partial charge on any atom is -0.393 e. The predicted molar refractivity (Wildman–Crippen MR) is 105 cm³/mol. The van der Waals surface area contributed by atoms with E-state index in [-0.39, 0.29) is 29.8 Å². The van der Waals surface area contributed by atoms with E-state index < -0.39 is 0 Å². The van der Waals surface area contributed by atoms with Crippen LogP contribution < -0.4 is 10.9 Å². The van der Waals surface area contributed by atoms with E-state index in [1.807, 2.05) is 17.0 Å². The highest BCUT2D eigenvalue weighted by molar-refractivity contribution is 5.78. The molecule has 6 nitrogen and oxygen atoms in total. The topological polar surface area (TPSA) is 67.8 Å². The Kier molecular flexibility index (Phi) is 6.25. The summed E-state index contributed by atoms with van der Waals surface area (Å²) in [5.74, 6) is 0.652. The Morgan fingerprint density at radius 3 is 2.64 bits per heavy atom. The lowest BCUT2D eigenvalue weighted by Gasteiger charge is -2.38. The molecule has 154 valence electrons. The van der Waals surface area contributed by atoms with Crippen LogP contribution in [0.2, 0.25) is 0 Å². The average molecular weight is 391 g/mol. The van der Waals surface area contributed by atoms with Gasteiger partial charge in [0.05, 0.1) is 12.6 Å². The zero-order valence-corrected chi connectivity index (χ0v) is 16.3. The molecule has 0 aromatic heterocycles. The molecule has 3 unspecified atom stereocenters. The summed E-state index contributed by atoms with van der Waals surface area (Å²) in [5.41, 5.74) is 7.82. The molecule has 7 heteroatoms. The molecule has 28 heavy (non-hydrogen) atoms. The average Bonchev–Trinajstić information content (AvgIpc) is 3.20.